The minimum Gasteiger partial charge on any atom is -0.441 e. The van der Waals surface area contributed by atoms with Gasteiger partial charge in [-0.2, -0.15) is 5.10 Å². The third-order valence-electron chi connectivity index (χ3n) is 4.66. The molecule has 2 aromatic carbocycles. The van der Waals surface area contributed by atoms with E-state index in [9.17, 15) is 4.79 Å². The Labute approximate surface area is 169 Å². The number of rotatable bonds is 6. The van der Waals surface area contributed by atoms with Gasteiger partial charge in [-0.25, -0.2) is 9.67 Å². The monoisotopic (exact) mass is 386 g/mol. The summed E-state index contributed by atoms with van der Waals surface area (Å²) < 4.78 is 7.62. The zero-order valence-corrected chi connectivity index (χ0v) is 16.4. The minimum absolute atomic E-state index is 0.0885. The number of hydrogen-bond donors (Lipinski definition) is 1. The largest absolute Gasteiger partial charge is 0.441 e. The first-order valence-corrected chi connectivity index (χ1v) is 9.51. The van der Waals surface area contributed by atoms with Crippen LogP contribution in [0.25, 0.3) is 17.0 Å². The molecule has 0 aliphatic heterocycles. The molecule has 0 bridgehead atoms. The highest BCUT2D eigenvalue weighted by Gasteiger charge is 2.10. The summed E-state index contributed by atoms with van der Waals surface area (Å²) in [6.07, 6.45) is 4.18. The van der Waals surface area contributed by atoms with Gasteiger partial charge in [-0.15, -0.1) is 0 Å². The van der Waals surface area contributed by atoms with Crippen molar-refractivity contribution in [2.45, 2.75) is 26.7 Å². The Bertz CT molecular complexity index is 1130. The summed E-state index contributed by atoms with van der Waals surface area (Å²) in [5.41, 5.74) is 4.83. The number of benzene rings is 2. The summed E-state index contributed by atoms with van der Waals surface area (Å²) in [6, 6.07) is 17.6. The predicted octanol–water partition coefficient (Wildman–Crippen LogP) is 4.72. The van der Waals surface area contributed by atoms with E-state index >= 15 is 0 Å². The SMILES string of the molecule is Cc1ccc(-c2cnc(CCC(=O)Nc3cccc(-n4nccc4C)c3)o2)cc1. The van der Waals surface area contributed by atoms with Crippen LogP contribution in [-0.4, -0.2) is 20.7 Å². The van der Waals surface area contributed by atoms with Crippen molar-refractivity contribution in [1.29, 1.82) is 0 Å². The van der Waals surface area contributed by atoms with Gasteiger partial charge in [0, 0.05) is 36.0 Å². The standard InChI is InChI=1S/C23H22N4O2/c1-16-6-8-18(9-7-16)21-15-24-23(29-21)11-10-22(28)26-19-4-3-5-20(14-19)27-17(2)12-13-25-27/h3-9,12-15H,10-11H2,1-2H3,(H,26,28). The molecule has 4 rings (SSSR count). The molecule has 0 atom stereocenters. The Kier molecular flexibility index (Phi) is 5.24. The Morgan fingerprint density at radius 1 is 1.10 bits per heavy atom. The summed E-state index contributed by atoms with van der Waals surface area (Å²) >= 11 is 0. The van der Waals surface area contributed by atoms with Gasteiger partial charge in [-0.05, 0) is 38.1 Å². The normalized spacial score (nSPS) is 10.8. The maximum Gasteiger partial charge on any atom is 0.224 e. The number of aryl methyl sites for hydroxylation is 3. The maximum absolute atomic E-state index is 12.4. The first kappa shape index (κ1) is 18.7. The van der Waals surface area contributed by atoms with E-state index in [2.05, 4.69) is 15.4 Å². The zero-order valence-electron chi connectivity index (χ0n) is 16.4. The van der Waals surface area contributed by atoms with E-state index in [0.29, 0.717) is 24.5 Å². The predicted molar refractivity (Wildman–Crippen MR) is 112 cm³/mol. The number of nitrogens with one attached hydrogen (secondary N) is 1. The van der Waals surface area contributed by atoms with E-state index in [0.717, 1.165) is 22.6 Å². The molecule has 1 N–H and O–H groups in total. The third-order valence-corrected chi connectivity index (χ3v) is 4.66. The Balaban J connectivity index is 1.36. The van der Waals surface area contributed by atoms with Gasteiger partial charge in [-0.3, -0.25) is 4.79 Å². The molecule has 0 unspecified atom stereocenters. The lowest BCUT2D eigenvalue weighted by Crippen LogP contribution is -2.12. The molecule has 2 heterocycles. The molecule has 4 aromatic rings. The summed E-state index contributed by atoms with van der Waals surface area (Å²) in [4.78, 5) is 16.7. The molecule has 0 saturated carbocycles. The van der Waals surface area contributed by atoms with Crippen molar-refractivity contribution in [3.05, 3.63) is 84.1 Å². The fraction of sp³-hybridized carbons (Fsp3) is 0.174. The Morgan fingerprint density at radius 3 is 2.69 bits per heavy atom. The molecule has 0 radical (unpaired) electrons. The molecule has 0 fully saturated rings. The van der Waals surface area contributed by atoms with E-state index in [1.807, 2.05) is 73.1 Å². The van der Waals surface area contributed by atoms with Gasteiger partial charge in [0.2, 0.25) is 5.91 Å². The van der Waals surface area contributed by atoms with Crippen molar-refractivity contribution in [1.82, 2.24) is 14.8 Å². The smallest absolute Gasteiger partial charge is 0.224 e. The molecule has 0 saturated heterocycles. The van der Waals surface area contributed by atoms with Crippen LogP contribution in [0.1, 0.15) is 23.6 Å². The lowest BCUT2D eigenvalue weighted by molar-refractivity contribution is -0.116. The fourth-order valence-electron chi connectivity index (χ4n) is 3.08. The second kappa shape index (κ2) is 8.14. The second-order valence-corrected chi connectivity index (χ2v) is 6.97. The van der Waals surface area contributed by atoms with Gasteiger partial charge < -0.3 is 9.73 Å². The van der Waals surface area contributed by atoms with Crippen LogP contribution in [0.15, 0.2) is 71.4 Å². The number of amides is 1. The van der Waals surface area contributed by atoms with Crippen LogP contribution in [0.3, 0.4) is 0 Å². The lowest BCUT2D eigenvalue weighted by atomic mass is 10.1. The molecule has 2 aromatic heterocycles. The molecule has 6 heteroatoms. The topological polar surface area (TPSA) is 73.0 Å². The van der Waals surface area contributed by atoms with Gasteiger partial charge >= 0.3 is 0 Å². The van der Waals surface area contributed by atoms with Crippen molar-refractivity contribution in [3.63, 3.8) is 0 Å². The third kappa shape index (κ3) is 4.43. The van der Waals surface area contributed by atoms with E-state index in [4.69, 9.17) is 4.42 Å². The van der Waals surface area contributed by atoms with Crippen molar-refractivity contribution in [2.75, 3.05) is 5.32 Å². The highest BCUT2D eigenvalue weighted by Crippen LogP contribution is 2.21. The Hall–Kier alpha value is -3.67. The number of hydrogen-bond acceptors (Lipinski definition) is 4. The molecule has 6 nitrogen and oxygen atoms in total. The van der Waals surface area contributed by atoms with Crippen LogP contribution in [0, 0.1) is 13.8 Å². The summed E-state index contributed by atoms with van der Waals surface area (Å²) in [5, 5.41) is 7.23. The van der Waals surface area contributed by atoms with Crippen LogP contribution in [-0.2, 0) is 11.2 Å². The van der Waals surface area contributed by atoms with Crippen LogP contribution < -0.4 is 5.32 Å². The molecule has 0 aliphatic carbocycles. The molecule has 29 heavy (non-hydrogen) atoms. The lowest BCUT2D eigenvalue weighted by Gasteiger charge is -2.08. The van der Waals surface area contributed by atoms with Crippen molar-refractivity contribution in [2.24, 2.45) is 0 Å². The summed E-state index contributed by atoms with van der Waals surface area (Å²) in [7, 11) is 0. The molecular formula is C23H22N4O2. The average Bonchev–Trinajstić information content (AvgIpc) is 3.36. The van der Waals surface area contributed by atoms with Crippen LogP contribution in [0.5, 0.6) is 0 Å². The highest BCUT2D eigenvalue weighted by molar-refractivity contribution is 5.91. The van der Waals surface area contributed by atoms with Crippen LogP contribution in [0.4, 0.5) is 5.69 Å². The highest BCUT2D eigenvalue weighted by atomic mass is 16.4. The number of oxazole rings is 1. The quantitative estimate of drug-likeness (QED) is 0.521. The van der Waals surface area contributed by atoms with Crippen molar-refractivity contribution >= 4 is 11.6 Å². The van der Waals surface area contributed by atoms with Gasteiger partial charge in [0.05, 0.1) is 11.9 Å². The number of carbonyl (C=O) groups excluding carboxylic acids is 1. The molecular weight excluding hydrogens is 364 g/mol. The Morgan fingerprint density at radius 2 is 1.93 bits per heavy atom. The zero-order chi connectivity index (χ0) is 20.2. The van der Waals surface area contributed by atoms with Crippen LogP contribution in [0.2, 0.25) is 0 Å². The van der Waals surface area contributed by atoms with E-state index in [1.165, 1.54) is 5.56 Å². The van der Waals surface area contributed by atoms with Crippen molar-refractivity contribution < 1.29 is 9.21 Å². The molecule has 146 valence electrons. The minimum atomic E-state index is -0.0885. The maximum atomic E-state index is 12.4. The summed E-state index contributed by atoms with van der Waals surface area (Å²) in [5.74, 6) is 1.17. The van der Waals surface area contributed by atoms with Crippen molar-refractivity contribution in [3.8, 4) is 17.0 Å². The van der Waals surface area contributed by atoms with Gasteiger partial charge in [-0.1, -0.05) is 35.9 Å². The second-order valence-electron chi connectivity index (χ2n) is 6.97. The van der Waals surface area contributed by atoms with E-state index in [-0.39, 0.29) is 5.91 Å². The number of anilines is 1. The number of carbonyl (C=O) groups is 1. The molecule has 0 aliphatic rings. The summed E-state index contributed by atoms with van der Waals surface area (Å²) in [6.45, 7) is 4.03. The van der Waals surface area contributed by atoms with Gasteiger partial charge in [0.25, 0.3) is 0 Å². The first-order valence-electron chi connectivity index (χ1n) is 9.51. The van der Waals surface area contributed by atoms with Crippen LogP contribution >= 0.6 is 0 Å². The van der Waals surface area contributed by atoms with E-state index in [1.54, 1.807) is 12.4 Å². The van der Waals surface area contributed by atoms with Gasteiger partial charge in [0.1, 0.15) is 0 Å². The van der Waals surface area contributed by atoms with Gasteiger partial charge in [0.15, 0.2) is 11.7 Å². The molecule has 0 spiro atoms. The number of aromatic nitrogens is 3. The average molecular weight is 386 g/mol. The fourth-order valence-corrected chi connectivity index (χ4v) is 3.08. The number of nitrogens with zero attached hydrogens (tertiary/aromatic N) is 3. The first-order chi connectivity index (χ1) is 14.1. The molecule has 1 amide bonds. The van der Waals surface area contributed by atoms with E-state index < -0.39 is 0 Å².